The molecule has 0 saturated carbocycles. The molecule has 2 N–H and O–H groups in total. The van der Waals surface area contributed by atoms with Crippen molar-refractivity contribution in [1.29, 1.82) is 0 Å². The Hall–Kier alpha value is -2.05. The maximum absolute atomic E-state index is 13.2. The highest BCUT2D eigenvalue weighted by Gasteiger charge is 2.16. The minimum atomic E-state index is -1.68. The molecule has 1 aromatic rings. The molecule has 2 amide bonds. The molecule has 0 aromatic heterocycles. The second-order valence-corrected chi connectivity index (χ2v) is 4.17. The fraction of sp³-hybridized carbons (Fsp3) is 0.333. The Morgan fingerprint density at radius 2 is 1.74 bits per heavy atom. The third-order valence-corrected chi connectivity index (χ3v) is 2.08. The SMILES string of the molecule is CC(C)NC(=O)CC(=O)Nc1ccc(F)c(F)c1F. The molecule has 0 heterocycles. The second-order valence-electron chi connectivity index (χ2n) is 4.17. The van der Waals surface area contributed by atoms with Gasteiger partial charge in [-0.3, -0.25) is 9.59 Å². The zero-order valence-corrected chi connectivity index (χ0v) is 10.4. The van der Waals surface area contributed by atoms with Crippen molar-refractivity contribution in [3.63, 3.8) is 0 Å². The van der Waals surface area contributed by atoms with Crippen molar-refractivity contribution in [2.45, 2.75) is 26.3 Å². The lowest BCUT2D eigenvalue weighted by molar-refractivity contribution is -0.127. The van der Waals surface area contributed by atoms with Gasteiger partial charge in [0.15, 0.2) is 17.5 Å². The quantitative estimate of drug-likeness (QED) is 0.651. The third kappa shape index (κ3) is 4.27. The monoisotopic (exact) mass is 274 g/mol. The number of nitrogens with one attached hydrogen (secondary N) is 2. The molecule has 0 unspecified atom stereocenters. The number of benzene rings is 1. The van der Waals surface area contributed by atoms with Crippen LogP contribution in [0.3, 0.4) is 0 Å². The van der Waals surface area contributed by atoms with Gasteiger partial charge >= 0.3 is 0 Å². The van der Waals surface area contributed by atoms with Crippen LogP contribution in [0.4, 0.5) is 18.9 Å². The molecule has 0 aliphatic rings. The van der Waals surface area contributed by atoms with E-state index in [1.165, 1.54) is 0 Å². The highest BCUT2D eigenvalue weighted by molar-refractivity contribution is 6.03. The Bertz CT molecular complexity index is 504. The summed E-state index contributed by atoms with van der Waals surface area (Å²) in [5.41, 5.74) is -0.513. The van der Waals surface area contributed by atoms with Gasteiger partial charge in [-0.15, -0.1) is 0 Å². The van der Waals surface area contributed by atoms with Crippen LogP contribution in [0.5, 0.6) is 0 Å². The number of hydrogen-bond acceptors (Lipinski definition) is 2. The summed E-state index contributed by atoms with van der Waals surface area (Å²) in [4.78, 5) is 22.7. The molecule has 7 heteroatoms. The Balaban J connectivity index is 2.68. The maximum atomic E-state index is 13.2. The van der Waals surface area contributed by atoms with Crippen molar-refractivity contribution >= 4 is 17.5 Å². The molecule has 0 aliphatic heterocycles. The predicted molar refractivity (Wildman–Crippen MR) is 62.8 cm³/mol. The zero-order valence-electron chi connectivity index (χ0n) is 10.4. The second kappa shape index (κ2) is 6.21. The topological polar surface area (TPSA) is 58.2 Å². The Morgan fingerprint density at radius 1 is 1.11 bits per heavy atom. The van der Waals surface area contributed by atoms with Crippen LogP contribution in [0.15, 0.2) is 12.1 Å². The van der Waals surface area contributed by atoms with E-state index >= 15 is 0 Å². The van der Waals surface area contributed by atoms with Gasteiger partial charge in [0.05, 0.1) is 5.69 Å². The minimum Gasteiger partial charge on any atom is -0.353 e. The van der Waals surface area contributed by atoms with Gasteiger partial charge < -0.3 is 10.6 Å². The number of rotatable bonds is 4. The van der Waals surface area contributed by atoms with Gasteiger partial charge in [0, 0.05) is 6.04 Å². The highest BCUT2D eigenvalue weighted by atomic mass is 19.2. The molecule has 0 fully saturated rings. The maximum Gasteiger partial charge on any atom is 0.233 e. The molecule has 0 aliphatic carbocycles. The van der Waals surface area contributed by atoms with Crippen LogP contribution in [0.1, 0.15) is 20.3 Å². The number of halogens is 3. The number of carbonyl (C=O) groups is 2. The van der Waals surface area contributed by atoms with Crippen LogP contribution in [-0.2, 0) is 9.59 Å². The molecule has 0 atom stereocenters. The first-order valence-electron chi connectivity index (χ1n) is 5.54. The third-order valence-electron chi connectivity index (χ3n) is 2.08. The number of anilines is 1. The van der Waals surface area contributed by atoms with Crippen LogP contribution in [-0.4, -0.2) is 17.9 Å². The normalized spacial score (nSPS) is 10.4. The molecular weight excluding hydrogens is 261 g/mol. The summed E-state index contributed by atoms with van der Waals surface area (Å²) in [6.07, 6.45) is -0.531. The summed E-state index contributed by atoms with van der Waals surface area (Å²) in [7, 11) is 0. The summed E-state index contributed by atoms with van der Waals surface area (Å²) < 4.78 is 38.8. The molecule has 0 radical (unpaired) electrons. The Kier molecular flexibility index (Phi) is 4.91. The van der Waals surface area contributed by atoms with Gasteiger partial charge in [0.1, 0.15) is 6.42 Å². The molecule has 0 saturated heterocycles. The summed E-state index contributed by atoms with van der Waals surface area (Å²) in [5, 5.41) is 4.47. The fourth-order valence-electron chi connectivity index (χ4n) is 1.34. The van der Waals surface area contributed by atoms with E-state index in [4.69, 9.17) is 0 Å². The van der Waals surface area contributed by atoms with E-state index < -0.39 is 41.4 Å². The van der Waals surface area contributed by atoms with Gasteiger partial charge in [-0.25, -0.2) is 13.2 Å². The molecule has 1 rings (SSSR count). The smallest absolute Gasteiger partial charge is 0.233 e. The van der Waals surface area contributed by atoms with E-state index in [1.54, 1.807) is 13.8 Å². The molecule has 4 nitrogen and oxygen atoms in total. The van der Waals surface area contributed by atoms with Crippen molar-refractivity contribution in [2.24, 2.45) is 0 Å². The summed E-state index contributed by atoms with van der Waals surface area (Å²) in [6.45, 7) is 3.43. The van der Waals surface area contributed by atoms with E-state index in [1.807, 2.05) is 5.32 Å². The van der Waals surface area contributed by atoms with Crippen LogP contribution >= 0.6 is 0 Å². The first-order chi connectivity index (χ1) is 8.81. The molecule has 1 aromatic carbocycles. The average Bonchev–Trinajstić information content (AvgIpc) is 2.28. The summed E-state index contributed by atoms with van der Waals surface area (Å²) >= 11 is 0. The first-order valence-corrected chi connectivity index (χ1v) is 5.54. The molecule has 0 spiro atoms. The fourth-order valence-corrected chi connectivity index (χ4v) is 1.34. The molecule has 0 bridgehead atoms. The Morgan fingerprint density at radius 3 is 2.32 bits per heavy atom. The highest BCUT2D eigenvalue weighted by Crippen LogP contribution is 2.19. The van der Waals surface area contributed by atoms with Crippen molar-refractivity contribution in [3.05, 3.63) is 29.6 Å². The van der Waals surface area contributed by atoms with Crippen LogP contribution in [0, 0.1) is 17.5 Å². The van der Waals surface area contributed by atoms with Gasteiger partial charge in [-0.05, 0) is 26.0 Å². The number of carbonyl (C=O) groups excluding carboxylic acids is 2. The van der Waals surface area contributed by atoms with Crippen molar-refractivity contribution in [3.8, 4) is 0 Å². The van der Waals surface area contributed by atoms with Crippen LogP contribution in [0.2, 0.25) is 0 Å². The largest absolute Gasteiger partial charge is 0.353 e. The van der Waals surface area contributed by atoms with Gasteiger partial charge in [-0.2, -0.15) is 0 Å². The van der Waals surface area contributed by atoms with Gasteiger partial charge in [0.25, 0.3) is 0 Å². The minimum absolute atomic E-state index is 0.139. The van der Waals surface area contributed by atoms with Crippen molar-refractivity contribution < 1.29 is 22.8 Å². The average molecular weight is 274 g/mol. The predicted octanol–water partition coefficient (Wildman–Crippen LogP) is 1.96. The van der Waals surface area contributed by atoms with E-state index in [9.17, 15) is 22.8 Å². The van der Waals surface area contributed by atoms with Crippen molar-refractivity contribution in [1.82, 2.24) is 5.32 Å². The zero-order chi connectivity index (χ0) is 14.6. The van der Waals surface area contributed by atoms with E-state index in [0.717, 1.165) is 6.07 Å². The number of amides is 2. The van der Waals surface area contributed by atoms with Crippen LogP contribution in [0.25, 0.3) is 0 Å². The van der Waals surface area contributed by atoms with Crippen molar-refractivity contribution in [2.75, 3.05) is 5.32 Å². The van der Waals surface area contributed by atoms with Gasteiger partial charge in [0.2, 0.25) is 11.8 Å². The van der Waals surface area contributed by atoms with E-state index in [2.05, 4.69) is 5.32 Å². The lowest BCUT2D eigenvalue weighted by Gasteiger charge is -2.09. The molecular formula is C12H13F3N2O2. The van der Waals surface area contributed by atoms with Crippen LogP contribution < -0.4 is 10.6 Å². The lowest BCUT2D eigenvalue weighted by atomic mass is 10.2. The Labute approximate surface area is 108 Å². The summed E-state index contributed by atoms with van der Waals surface area (Å²) in [6, 6.07) is 1.43. The first kappa shape index (κ1) is 15.0. The lowest BCUT2D eigenvalue weighted by Crippen LogP contribution is -2.33. The van der Waals surface area contributed by atoms with Gasteiger partial charge in [-0.1, -0.05) is 0 Å². The van der Waals surface area contributed by atoms with E-state index in [0.29, 0.717) is 6.07 Å². The molecule has 104 valence electrons. The standard InChI is InChI=1S/C12H13F3N2O2/c1-6(2)16-9(18)5-10(19)17-8-4-3-7(13)11(14)12(8)15/h3-4,6H,5H2,1-2H3,(H,16,18)(H,17,19). The summed E-state index contributed by atoms with van der Waals surface area (Å²) in [5.74, 6) is -5.89. The number of hydrogen-bond donors (Lipinski definition) is 2. The van der Waals surface area contributed by atoms with E-state index in [-0.39, 0.29) is 6.04 Å². The molecule has 19 heavy (non-hydrogen) atoms.